The summed E-state index contributed by atoms with van der Waals surface area (Å²) in [5.74, 6) is 0.797. The van der Waals surface area contributed by atoms with E-state index in [1.54, 1.807) is 4.90 Å². The zero-order valence-corrected chi connectivity index (χ0v) is 15.9. The first-order chi connectivity index (χ1) is 12.9. The van der Waals surface area contributed by atoms with Gasteiger partial charge in [0.05, 0.1) is 11.8 Å². The van der Waals surface area contributed by atoms with Crippen molar-refractivity contribution >= 4 is 23.4 Å². The van der Waals surface area contributed by atoms with E-state index in [-0.39, 0.29) is 48.1 Å². The Morgan fingerprint density at radius 3 is 2.19 bits per heavy atom. The van der Waals surface area contributed by atoms with Gasteiger partial charge in [0.15, 0.2) is 0 Å². The summed E-state index contributed by atoms with van der Waals surface area (Å²) in [5.41, 5.74) is 2.83. The molecule has 5 aliphatic rings. The van der Waals surface area contributed by atoms with Gasteiger partial charge in [0.2, 0.25) is 17.7 Å². The van der Waals surface area contributed by atoms with Gasteiger partial charge in [-0.3, -0.25) is 24.2 Å². The Balaban J connectivity index is 1.45. The van der Waals surface area contributed by atoms with E-state index in [0.717, 1.165) is 23.2 Å². The number of aryl methyl sites for hydroxylation is 2. The van der Waals surface area contributed by atoms with Crippen LogP contribution in [0.5, 0.6) is 0 Å². The zero-order valence-electron chi connectivity index (χ0n) is 15.9. The number of anilines is 1. The Kier molecular flexibility index (Phi) is 3.43. The van der Waals surface area contributed by atoms with Crippen LogP contribution in [-0.2, 0) is 14.4 Å². The quantitative estimate of drug-likeness (QED) is 0.612. The van der Waals surface area contributed by atoms with Gasteiger partial charge in [-0.15, -0.1) is 0 Å². The molecule has 3 fully saturated rings. The van der Waals surface area contributed by atoms with Crippen molar-refractivity contribution in [1.29, 1.82) is 0 Å². The molecule has 2 bridgehead atoms. The smallest absolute Gasteiger partial charge is 0.235 e. The Hall–Kier alpha value is -2.43. The second-order valence-electron chi connectivity index (χ2n) is 8.64. The summed E-state index contributed by atoms with van der Waals surface area (Å²) in [6, 6.07) is 5.85. The van der Waals surface area contributed by atoms with Gasteiger partial charge in [-0.2, -0.15) is 0 Å². The summed E-state index contributed by atoms with van der Waals surface area (Å²) in [6.45, 7) is 5.45. The van der Waals surface area contributed by atoms with Crippen LogP contribution < -0.4 is 4.90 Å². The van der Waals surface area contributed by atoms with Gasteiger partial charge in [0.1, 0.15) is 6.67 Å². The number of rotatable bonds is 3. The Bertz CT molecular complexity index is 869. The van der Waals surface area contributed by atoms with Crippen molar-refractivity contribution in [3.05, 3.63) is 41.5 Å². The van der Waals surface area contributed by atoms with Gasteiger partial charge in [-0.1, -0.05) is 29.8 Å². The molecule has 1 aromatic carbocycles. The van der Waals surface area contributed by atoms with Gasteiger partial charge in [-0.05, 0) is 55.6 Å². The van der Waals surface area contributed by atoms with Crippen LogP contribution in [0.25, 0.3) is 0 Å². The van der Waals surface area contributed by atoms with E-state index in [9.17, 15) is 14.4 Å². The van der Waals surface area contributed by atoms with E-state index in [1.807, 2.05) is 32.0 Å². The van der Waals surface area contributed by atoms with Crippen molar-refractivity contribution in [2.75, 3.05) is 11.6 Å². The SMILES string of the molecule is CC(=O)N(CN1C(=O)[C@@H]2[C@H]3C=C[C@H]([C@H]4C[C@H]34)[C@@H]2C1=O)c1ccc(C)cc1C. The number of carbonyl (C=O) groups excluding carboxylic acids is 3. The molecule has 2 saturated carbocycles. The molecule has 0 N–H and O–H groups in total. The second kappa shape index (κ2) is 5.54. The fourth-order valence-electron chi connectivity index (χ4n) is 5.75. The van der Waals surface area contributed by atoms with Crippen LogP contribution in [0.4, 0.5) is 5.69 Å². The molecule has 5 heteroatoms. The average molecular weight is 364 g/mol. The maximum atomic E-state index is 13.2. The molecule has 140 valence electrons. The van der Waals surface area contributed by atoms with Crippen LogP contribution >= 0.6 is 0 Å². The molecule has 4 aliphatic carbocycles. The van der Waals surface area contributed by atoms with Crippen molar-refractivity contribution in [2.45, 2.75) is 27.2 Å². The van der Waals surface area contributed by atoms with Crippen molar-refractivity contribution in [3.8, 4) is 0 Å². The predicted octanol–water partition coefficient (Wildman–Crippen LogP) is 2.67. The fraction of sp³-hybridized carbons (Fsp3) is 0.500. The molecule has 27 heavy (non-hydrogen) atoms. The molecule has 6 rings (SSSR count). The summed E-state index contributed by atoms with van der Waals surface area (Å²) >= 11 is 0. The number of likely N-dealkylation sites (tertiary alicyclic amines) is 1. The monoisotopic (exact) mass is 364 g/mol. The zero-order chi connectivity index (χ0) is 19.0. The lowest BCUT2D eigenvalue weighted by Gasteiger charge is -2.37. The van der Waals surface area contributed by atoms with Crippen LogP contribution in [-0.4, -0.2) is 29.3 Å². The highest BCUT2D eigenvalue weighted by molar-refractivity contribution is 6.07. The first kappa shape index (κ1) is 16.7. The summed E-state index contributed by atoms with van der Waals surface area (Å²) < 4.78 is 0. The highest BCUT2D eigenvalue weighted by Crippen LogP contribution is 2.65. The summed E-state index contributed by atoms with van der Waals surface area (Å²) in [5, 5.41) is 0. The van der Waals surface area contributed by atoms with Crippen molar-refractivity contribution < 1.29 is 14.4 Å². The minimum absolute atomic E-state index is 0.0126. The molecule has 3 amide bonds. The number of nitrogens with zero attached hydrogens (tertiary/aromatic N) is 2. The number of imide groups is 1. The number of hydrogen-bond acceptors (Lipinski definition) is 3. The molecule has 1 heterocycles. The topological polar surface area (TPSA) is 57.7 Å². The van der Waals surface area contributed by atoms with Crippen LogP contribution in [0.15, 0.2) is 30.4 Å². The van der Waals surface area contributed by atoms with E-state index >= 15 is 0 Å². The Morgan fingerprint density at radius 2 is 1.67 bits per heavy atom. The van der Waals surface area contributed by atoms with Crippen LogP contribution in [0.3, 0.4) is 0 Å². The van der Waals surface area contributed by atoms with Gasteiger partial charge >= 0.3 is 0 Å². The molecule has 1 aliphatic heterocycles. The van der Waals surface area contributed by atoms with Crippen LogP contribution in [0.1, 0.15) is 24.5 Å². The average Bonchev–Trinajstić information content (AvgIpc) is 3.40. The third-order valence-corrected chi connectivity index (χ3v) is 7.06. The molecule has 0 aromatic heterocycles. The highest BCUT2D eigenvalue weighted by atomic mass is 16.2. The molecule has 1 saturated heterocycles. The number of amides is 3. The lowest BCUT2D eigenvalue weighted by molar-refractivity contribution is -0.140. The minimum Gasteiger partial charge on any atom is -0.294 e. The van der Waals surface area contributed by atoms with E-state index in [4.69, 9.17) is 0 Å². The largest absolute Gasteiger partial charge is 0.294 e. The van der Waals surface area contributed by atoms with Gasteiger partial charge < -0.3 is 0 Å². The maximum absolute atomic E-state index is 13.2. The van der Waals surface area contributed by atoms with E-state index in [0.29, 0.717) is 11.8 Å². The maximum Gasteiger partial charge on any atom is 0.235 e. The third kappa shape index (κ3) is 2.27. The van der Waals surface area contributed by atoms with E-state index in [2.05, 4.69) is 12.2 Å². The van der Waals surface area contributed by atoms with Crippen molar-refractivity contribution in [3.63, 3.8) is 0 Å². The molecule has 6 atom stereocenters. The fourth-order valence-corrected chi connectivity index (χ4v) is 5.75. The Labute approximate surface area is 159 Å². The second-order valence-corrected chi connectivity index (χ2v) is 8.64. The van der Waals surface area contributed by atoms with Crippen LogP contribution in [0.2, 0.25) is 0 Å². The standard InChI is InChI=1S/C22H24N2O3/c1-11-4-7-18(12(2)8-11)23(13(3)25)10-24-21(26)19-14-5-6-15(17-9-16(14)17)20(19)22(24)27/h4-8,14-17,19-20H,9-10H2,1-3H3/t14-,15+,16-,17-,19+,20-/m1/s1. The van der Waals surface area contributed by atoms with Gasteiger partial charge in [-0.25, -0.2) is 0 Å². The first-order valence-electron chi connectivity index (χ1n) is 9.77. The van der Waals surface area contributed by atoms with Crippen molar-refractivity contribution in [1.82, 2.24) is 4.90 Å². The third-order valence-electron chi connectivity index (χ3n) is 7.06. The number of carbonyl (C=O) groups is 3. The molecular formula is C22H24N2O3. The lowest BCUT2D eigenvalue weighted by atomic mass is 9.63. The molecule has 0 unspecified atom stereocenters. The predicted molar refractivity (Wildman–Crippen MR) is 100 cm³/mol. The molecule has 1 aromatic rings. The highest BCUT2D eigenvalue weighted by Gasteiger charge is 2.67. The summed E-state index contributed by atoms with van der Waals surface area (Å²) in [6.07, 6.45) is 5.49. The molecule has 5 nitrogen and oxygen atoms in total. The number of allylic oxidation sites excluding steroid dienone is 2. The van der Waals surface area contributed by atoms with Gasteiger partial charge in [0, 0.05) is 12.6 Å². The van der Waals surface area contributed by atoms with Crippen molar-refractivity contribution in [2.24, 2.45) is 35.5 Å². The minimum atomic E-state index is -0.218. The summed E-state index contributed by atoms with van der Waals surface area (Å²) in [4.78, 5) is 41.6. The normalized spacial score (nSPS) is 35.3. The van der Waals surface area contributed by atoms with E-state index in [1.165, 1.54) is 11.8 Å². The van der Waals surface area contributed by atoms with Crippen LogP contribution in [0, 0.1) is 49.4 Å². The molecule has 0 spiro atoms. The molecule has 0 radical (unpaired) electrons. The summed E-state index contributed by atoms with van der Waals surface area (Å²) in [7, 11) is 0. The van der Waals surface area contributed by atoms with E-state index < -0.39 is 0 Å². The number of benzene rings is 1. The first-order valence-corrected chi connectivity index (χ1v) is 9.77. The molecular weight excluding hydrogens is 340 g/mol. The Morgan fingerprint density at radius 1 is 1.07 bits per heavy atom. The lowest BCUT2D eigenvalue weighted by Crippen LogP contribution is -2.44. The number of hydrogen-bond donors (Lipinski definition) is 0. The van der Waals surface area contributed by atoms with Gasteiger partial charge in [0.25, 0.3) is 0 Å².